The summed E-state index contributed by atoms with van der Waals surface area (Å²) >= 11 is 1.56. The van der Waals surface area contributed by atoms with Gasteiger partial charge in [-0.2, -0.15) is 5.26 Å². The molecule has 0 aromatic heterocycles. The van der Waals surface area contributed by atoms with Crippen LogP contribution in [0.2, 0.25) is 0 Å². The van der Waals surface area contributed by atoms with E-state index in [1.54, 1.807) is 23.9 Å². The van der Waals surface area contributed by atoms with Gasteiger partial charge in [0, 0.05) is 12.3 Å². The number of nitriles is 1. The lowest BCUT2D eigenvalue weighted by atomic mass is 10.1. The fourth-order valence-corrected chi connectivity index (χ4v) is 2.96. The number of aliphatic hydroxyl groups excluding tert-OH is 1. The van der Waals surface area contributed by atoms with Crippen molar-refractivity contribution in [3.8, 4) is 6.07 Å². The summed E-state index contributed by atoms with van der Waals surface area (Å²) in [4.78, 5) is 11.8. The molecule has 0 aliphatic rings. The molecule has 1 amide bonds. The van der Waals surface area contributed by atoms with E-state index in [-0.39, 0.29) is 12.5 Å². The number of carbonyl (C=O) groups is 1. The molecule has 5 heteroatoms. The van der Waals surface area contributed by atoms with E-state index in [0.29, 0.717) is 17.9 Å². The summed E-state index contributed by atoms with van der Waals surface area (Å²) in [5.41, 5.74) is 3.78. The minimum atomic E-state index is 0.0284. The van der Waals surface area contributed by atoms with E-state index in [0.717, 1.165) is 28.9 Å². The van der Waals surface area contributed by atoms with Crippen LogP contribution in [0.1, 0.15) is 22.3 Å². The largest absolute Gasteiger partial charge is 0.392 e. The Labute approximate surface area is 146 Å². The first-order chi connectivity index (χ1) is 11.7. The van der Waals surface area contributed by atoms with Crippen molar-refractivity contribution >= 4 is 17.7 Å². The molecule has 0 saturated carbocycles. The van der Waals surface area contributed by atoms with Gasteiger partial charge in [-0.25, -0.2) is 0 Å². The molecule has 4 nitrogen and oxygen atoms in total. The van der Waals surface area contributed by atoms with Crippen molar-refractivity contribution in [2.75, 3.05) is 12.3 Å². The van der Waals surface area contributed by atoms with Gasteiger partial charge in [-0.05, 0) is 35.2 Å². The van der Waals surface area contributed by atoms with Crippen LogP contribution in [0.4, 0.5) is 0 Å². The summed E-state index contributed by atoms with van der Waals surface area (Å²) in [5, 5.41) is 20.7. The average Bonchev–Trinajstić information content (AvgIpc) is 2.63. The van der Waals surface area contributed by atoms with Gasteiger partial charge < -0.3 is 10.4 Å². The Morgan fingerprint density at radius 3 is 2.29 bits per heavy atom. The van der Waals surface area contributed by atoms with Gasteiger partial charge in [-0.15, -0.1) is 11.8 Å². The Bertz CT molecular complexity index is 691. The van der Waals surface area contributed by atoms with Gasteiger partial charge in [0.15, 0.2) is 0 Å². The number of thioether (sulfide) groups is 1. The second-order valence-electron chi connectivity index (χ2n) is 5.38. The minimum absolute atomic E-state index is 0.0284. The van der Waals surface area contributed by atoms with Gasteiger partial charge in [-0.3, -0.25) is 4.79 Å². The Hall–Kier alpha value is -2.29. The zero-order valence-corrected chi connectivity index (χ0v) is 14.2. The highest BCUT2D eigenvalue weighted by Gasteiger charge is 2.02. The van der Waals surface area contributed by atoms with Gasteiger partial charge in [-0.1, -0.05) is 36.4 Å². The third-order valence-electron chi connectivity index (χ3n) is 3.53. The molecule has 0 spiro atoms. The molecular weight excluding hydrogens is 320 g/mol. The molecule has 2 N–H and O–H groups in total. The molecule has 0 radical (unpaired) electrons. The van der Waals surface area contributed by atoms with Gasteiger partial charge >= 0.3 is 0 Å². The third kappa shape index (κ3) is 6.07. The number of nitrogens with zero attached hydrogens (tertiary/aromatic N) is 1. The molecular formula is C19H20N2O2S. The van der Waals surface area contributed by atoms with Gasteiger partial charge in [0.05, 0.1) is 24.0 Å². The second-order valence-corrected chi connectivity index (χ2v) is 6.36. The molecule has 2 aromatic rings. The summed E-state index contributed by atoms with van der Waals surface area (Å²) in [6, 6.07) is 17.2. The van der Waals surface area contributed by atoms with Gasteiger partial charge in [0.2, 0.25) is 5.91 Å². The number of nitrogens with one attached hydrogen (secondary N) is 1. The molecule has 2 rings (SSSR count). The van der Waals surface area contributed by atoms with Crippen LogP contribution in [0.3, 0.4) is 0 Å². The van der Waals surface area contributed by atoms with Crippen molar-refractivity contribution in [1.82, 2.24) is 5.32 Å². The zero-order valence-electron chi connectivity index (χ0n) is 13.4. The Balaban J connectivity index is 1.63. The second kappa shape index (κ2) is 9.76. The van der Waals surface area contributed by atoms with Crippen LogP contribution < -0.4 is 5.32 Å². The van der Waals surface area contributed by atoms with Crippen molar-refractivity contribution in [3.63, 3.8) is 0 Å². The van der Waals surface area contributed by atoms with Crippen LogP contribution in [0.15, 0.2) is 48.5 Å². The van der Waals surface area contributed by atoms with Crippen LogP contribution in [-0.4, -0.2) is 23.3 Å². The van der Waals surface area contributed by atoms with E-state index in [1.165, 1.54) is 0 Å². The first-order valence-electron chi connectivity index (χ1n) is 7.73. The summed E-state index contributed by atoms with van der Waals surface area (Å²) in [7, 11) is 0. The quantitative estimate of drug-likeness (QED) is 0.775. The Kier molecular flexibility index (Phi) is 7.34. The number of rotatable bonds is 8. The van der Waals surface area contributed by atoms with Crippen LogP contribution in [-0.2, 0) is 23.6 Å². The van der Waals surface area contributed by atoms with Crippen molar-refractivity contribution in [3.05, 3.63) is 70.8 Å². The Morgan fingerprint density at radius 2 is 1.67 bits per heavy atom. The summed E-state index contributed by atoms with van der Waals surface area (Å²) < 4.78 is 0. The normalized spacial score (nSPS) is 10.2. The van der Waals surface area contributed by atoms with Crippen molar-refractivity contribution in [1.29, 1.82) is 5.26 Å². The van der Waals surface area contributed by atoms with Crippen LogP contribution in [0.5, 0.6) is 0 Å². The molecule has 24 heavy (non-hydrogen) atoms. The zero-order chi connectivity index (χ0) is 17.2. The number of amides is 1. The van der Waals surface area contributed by atoms with Crippen LogP contribution >= 0.6 is 11.8 Å². The van der Waals surface area contributed by atoms with E-state index in [4.69, 9.17) is 10.4 Å². The fourth-order valence-electron chi connectivity index (χ4n) is 2.15. The molecule has 0 unspecified atom stereocenters. The molecule has 0 aliphatic heterocycles. The molecule has 0 saturated heterocycles. The Morgan fingerprint density at radius 1 is 1.04 bits per heavy atom. The first kappa shape index (κ1) is 18.1. The van der Waals surface area contributed by atoms with E-state index in [9.17, 15) is 4.79 Å². The van der Waals surface area contributed by atoms with Gasteiger partial charge in [0.1, 0.15) is 0 Å². The van der Waals surface area contributed by atoms with E-state index >= 15 is 0 Å². The molecule has 0 fully saturated rings. The molecule has 0 bridgehead atoms. The average molecular weight is 340 g/mol. The molecule has 0 aliphatic carbocycles. The maximum absolute atomic E-state index is 11.8. The molecule has 124 valence electrons. The van der Waals surface area contributed by atoms with E-state index in [1.807, 2.05) is 36.4 Å². The van der Waals surface area contributed by atoms with E-state index < -0.39 is 0 Å². The molecule has 2 aromatic carbocycles. The lowest BCUT2D eigenvalue weighted by Crippen LogP contribution is -2.27. The molecule has 0 heterocycles. The number of hydrogen-bond donors (Lipinski definition) is 2. The highest BCUT2D eigenvalue weighted by Crippen LogP contribution is 2.12. The topological polar surface area (TPSA) is 73.1 Å². The summed E-state index contributed by atoms with van der Waals surface area (Å²) in [5.74, 6) is 1.20. The summed E-state index contributed by atoms with van der Waals surface area (Å²) in [6.45, 7) is 0.655. The van der Waals surface area contributed by atoms with Crippen molar-refractivity contribution in [2.45, 2.75) is 18.8 Å². The van der Waals surface area contributed by atoms with Crippen molar-refractivity contribution in [2.24, 2.45) is 0 Å². The van der Waals surface area contributed by atoms with Crippen LogP contribution in [0, 0.1) is 11.3 Å². The third-order valence-corrected chi connectivity index (χ3v) is 4.53. The fraction of sp³-hybridized carbons (Fsp3) is 0.263. The SMILES string of the molecule is N#Cc1ccc(CSCC(=O)NCCc2ccc(CO)cc2)cc1. The number of aliphatic hydroxyl groups is 1. The maximum Gasteiger partial charge on any atom is 0.230 e. The highest BCUT2D eigenvalue weighted by atomic mass is 32.2. The molecule has 0 atom stereocenters. The smallest absolute Gasteiger partial charge is 0.230 e. The predicted molar refractivity (Wildman–Crippen MR) is 96.4 cm³/mol. The highest BCUT2D eigenvalue weighted by molar-refractivity contribution is 7.99. The van der Waals surface area contributed by atoms with E-state index in [2.05, 4.69) is 11.4 Å². The number of hydrogen-bond acceptors (Lipinski definition) is 4. The standard InChI is InChI=1S/C19H20N2O2S/c20-11-16-3-7-18(8-4-16)13-24-14-19(23)21-10-9-15-1-5-17(12-22)6-2-15/h1-8,22H,9-10,12-14H2,(H,21,23). The maximum atomic E-state index is 11.8. The monoisotopic (exact) mass is 340 g/mol. The lowest BCUT2D eigenvalue weighted by Gasteiger charge is -2.06. The number of carbonyl (C=O) groups excluding carboxylic acids is 1. The van der Waals surface area contributed by atoms with Crippen molar-refractivity contribution < 1.29 is 9.90 Å². The van der Waals surface area contributed by atoms with Crippen LogP contribution in [0.25, 0.3) is 0 Å². The number of benzene rings is 2. The first-order valence-corrected chi connectivity index (χ1v) is 8.89. The lowest BCUT2D eigenvalue weighted by molar-refractivity contribution is -0.118. The predicted octanol–water partition coefficient (Wildman–Crippen LogP) is 2.64. The summed E-state index contributed by atoms with van der Waals surface area (Å²) in [6.07, 6.45) is 0.776. The minimum Gasteiger partial charge on any atom is -0.392 e. The van der Waals surface area contributed by atoms with Gasteiger partial charge in [0.25, 0.3) is 0 Å².